The number of nitrogens with zero attached hydrogens (tertiary/aromatic N) is 2. The van der Waals surface area contributed by atoms with E-state index < -0.39 is 102 Å². The van der Waals surface area contributed by atoms with Gasteiger partial charge in [0, 0.05) is 31.4 Å². The normalized spacial score (nSPS) is 50.3. The van der Waals surface area contributed by atoms with Gasteiger partial charge in [-0.2, -0.15) is 0 Å². The Morgan fingerprint density at radius 1 is 0.961 bits per heavy atom. The molecule has 0 spiro atoms. The molecule has 14 nitrogen and oxygen atoms in total. The SMILES string of the molecule is CC[C@H]1OC(=O)[C@H](C)[C@@H](OC2CC(C)(OC)C(O)C(C)O2)[C@H](C)[C@@H](OC2OC(C)CC(N(C)C)C2O)[C@](C)(O)C[C@@H](C)C2=N[C@H](C)[C@@H](O2)[C@]1(C)O. The Morgan fingerprint density at radius 2 is 1.61 bits per heavy atom. The van der Waals surface area contributed by atoms with E-state index in [1.165, 1.54) is 7.11 Å². The molecule has 4 rings (SSSR count). The van der Waals surface area contributed by atoms with Gasteiger partial charge < -0.3 is 58.5 Å². The summed E-state index contributed by atoms with van der Waals surface area (Å²) in [6.07, 6.45) is -7.58. The van der Waals surface area contributed by atoms with Crippen molar-refractivity contribution in [3.05, 3.63) is 0 Å². The molecule has 0 saturated carbocycles. The maximum absolute atomic E-state index is 14.2. The van der Waals surface area contributed by atoms with Gasteiger partial charge in [-0.05, 0) is 81.8 Å². The van der Waals surface area contributed by atoms with E-state index in [2.05, 4.69) is 0 Å². The zero-order valence-corrected chi connectivity index (χ0v) is 32.9. The van der Waals surface area contributed by atoms with Crippen LogP contribution in [0.1, 0.15) is 94.9 Å². The number of aliphatic hydroxyl groups is 4. The summed E-state index contributed by atoms with van der Waals surface area (Å²) in [5, 5.41) is 46.8. The zero-order chi connectivity index (χ0) is 38.4. The molecule has 4 aliphatic rings. The minimum atomic E-state index is -1.62. The third kappa shape index (κ3) is 8.76. The third-order valence-corrected chi connectivity index (χ3v) is 11.8. The highest BCUT2D eigenvalue weighted by molar-refractivity contribution is 5.80. The van der Waals surface area contributed by atoms with Crippen LogP contribution in [-0.4, -0.2) is 149 Å². The molecule has 3 saturated heterocycles. The molecule has 0 radical (unpaired) electrons. The van der Waals surface area contributed by atoms with Crippen molar-refractivity contribution in [1.82, 2.24) is 4.90 Å². The minimum Gasteiger partial charge on any atom is -0.472 e. The van der Waals surface area contributed by atoms with Crippen molar-refractivity contribution in [2.24, 2.45) is 22.7 Å². The van der Waals surface area contributed by atoms with E-state index in [1.54, 1.807) is 34.6 Å². The van der Waals surface area contributed by atoms with E-state index in [0.717, 1.165) is 0 Å². The van der Waals surface area contributed by atoms with Crippen LogP contribution < -0.4 is 0 Å². The molecule has 296 valence electrons. The molecule has 4 heterocycles. The van der Waals surface area contributed by atoms with E-state index in [4.69, 9.17) is 38.2 Å². The topological polar surface area (TPSA) is 178 Å². The van der Waals surface area contributed by atoms with E-state index in [1.807, 2.05) is 53.6 Å². The number of carbonyl (C=O) groups excluding carboxylic acids is 1. The summed E-state index contributed by atoms with van der Waals surface area (Å²) >= 11 is 0. The highest BCUT2D eigenvalue weighted by atomic mass is 16.7. The van der Waals surface area contributed by atoms with E-state index >= 15 is 0 Å². The molecule has 8 unspecified atom stereocenters. The Kier molecular flexibility index (Phi) is 13.4. The first-order chi connectivity index (χ1) is 23.6. The standard InChI is InChI=1S/C37H66N2O12/c1-14-25-37(10,44)31-22(6)38-32(50-31)18(2)16-35(8,43)30(51-34-27(40)24(39(11)12)15-19(3)46-34)20(4)28(21(5)33(42)48-25)49-26-17-36(9,45-13)29(41)23(7)47-26/h18-31,34,40-41,43-44H,14-17H2,1-13H3/t18-,19?,20+,21-,22-,23?,24?,25-,26?,27?,28+,29?,30-,31-,34?,35-,36?,37-/m1/s1. The monoisotopic (exact) mass is 730 g/mol. The van der Waals surface area contributed by atoms with Gasteiger partial charge in [0.2, 0.25) is 0 Å². The fraction of sp³-hybridized carbons (Fsp3) is 0.946. The summed E-state index contributed by atoms with van der Waals surface area (Å²) in [5.74, 6) is -2.40. The lowest BCUT2D eigenvalue weighted by Gasteiger charge is -2.49. The molecule has 14 heteroatoms. The number of hydrogen-bond acceptors (Lipinski definition) is 14. The summed E-state index contributed by atoms with van der Waals surface area (Å²) < 4.78 is 43.9. The average Bonchev–Trinajstić information content (AvgIpc) is 3.46. The summed E-state index contributed by atoms with van der Waals surface area (Å²) in [6, 6.07) is -0.725. The lowest BCUT2D eigenvalue weighted by atomic mass is 9.77. The number of cyclic esters (lactones) is 1. The maximum Gasteiger partial charge on any atom is 0.311 e. The quantitative estimate of drug-likeness (QED) is 0.281. The van der Waals surface area contributed by atoms with Crippen LogP contribution >= 0.6 is 0 Å². The largest absolute Gasteiger partial charge is 0.472 e. The van der Waals surface area contributed by atoms with E-state index in [9.17, 15) is 25.2 Å². The molecule has 4 N–H and O–H groups in total. The van der Waals surface area contributed by atoms with Crippen molar-refractivity contribution in [2.45, 2.75) is 185 Å². The van der Waals surface area contributed by atoms with Gasteiger partial charge in [0.05, 0.1) is 47.6 Å². The molecule has 0 aromatic rings. The number of likely N-dealkylation sites (N-methyl/N-ethyl adjacent to an activating group) is 1. The summed E-state index contributed by atoms with van der Waals surface area (Å²) in [5.41, 5.74) is -4.22. The number of fused-ring (bicyclic) bond motifs is 2. The molecule has 18 atom stereocenters. The first-order valence-electron chi connectivity index (χ1n) is 18.7. The van der Waals surface area contributed by atoms with Gasteiger partial charge in [-0.25, -0.2) is 4.99 Å². The number of carbonyl (C=O) groups is 1. The molecular formula is C37H66N2O12. The van der Waals surface area contributed by atoms with Crippen molar-refractivity contribution in [3.63, 3.8) is 0 Å². The van der Waals surface area contributed by atoms with Crippen LogP contribution in [0.5, 0.6) is 0 Å². The Bertz CT molecular complexity index is 1220. The molecule has 0 aliphatic carbocycles. The summed E-state index contributed by atoms with van der Waals surface area (Å²) in [6.45, 7) is 17.7. The van der Waals surface area contributed by atoms with Gasteiger partial charge in [-0.3, -0.25) is 4.79 Å². The smallest absolute Gasteiger partial charge is 0.311 e. The molecule has 3 fully saturated rings. The van der Waals surface area contributed by atoms with Gasteiger partial charge in [-0.15, -0.1) is 0 Å². The molecule has 0 aromatic heterocycles. The van der Waals surface area contributed by atoms with Crippen molar-refractivity contribution < 1.29 is 58.4 Å². The lowest BCUT2D eigenvalue weighted by molar-refractivity contribution is -0.318. The summed E-state index contributed by atoms with van der Waals surface area (Å²) in [4.78, 5) is 20.9. The number of esters is 1. The molecule has 0 amide bonds. The number of aliphatic imine (C=N–C) groups is 1. The maximum atomic E-state index is 14.2. The van der Waals surface area contributed by atoms with E-state index in [-0.39, 0.29) is 25.0 Å². The zero-order valence-electron chi connectivity index (χ0n) is 32.9. The number of methoxy groups -OCH3 is 1. The molecule has 51 heavy (non-hydrogen) atoms. The number of ether oxygens (including phenoxy) is 7. The molecule has 4 aliphatic heterocycles. The number of hydrogen-bond donors (Lipinski definition) is 4. The fourth-order valence-electron chi connectivity index (χ4n) is 8.66. The first-order valence-corrected chi connectivity index (χ1v) is 18.7. The predicted octanol–water partition coefficient (Wildman–Crippen LogP) is 2.41. The second kappa shape index (κ2) is 16.1. The van der Waals surface area contributed by atoms with Gasteiger partial charge in [0.1, 0.15) is 23.9 Å². The Morgan fingerprint density at radius 3 is 2.20 bits per heavy atom. The highest BCUT2D eigenvalue weighted by Crippen LogP contribution is 2.41. The first kappa shape index (κ1) is 42.3. The molecule has 2 bridgehead atoms. The van der Waals surface area contributed by atoms with Crippen molar-refractivity contribution >= 4 is 11.9 Å². The molecular weight excluding hydrogens is 664 g/mol. The Labute approximate surface area is 304 Å². The predicted molar refractivity (Wildman–Crippen MR) is 188 cm³/mol. The Balaban J connectivity index is 1.82. The van der Waals surface area contributed by atoms with Crippen LogP contribution in [-0.2, 0) is 38.0 Å². The van der Waals surface area contributed by atoms with Crippen LogP contribution in [0.15, 0.2) is 4.99 Å². The average molecular weight is 731 g/mol. The van der Waals surface area contributed by atoms with Crippen LogP contribution in [0.2, 0.25) is 0 Å². The van der Waals surface area contributed by atoms with Gasteiger partial charge in [-0.1, -0.05) is 20.8 Å². The fourth-order valence-corrected chi connectivity index (χ4v) is 8.66. The number of aliphatic hydroxyl groups excluding tert-OH is 2. The highest BCUT2D eigenvalue weighted by Gasteiger charge is 2.54. The minimum absolute atomic E-state index is 0.117. The lowest BCUT2D eigenvalue weighted by Crippen LogP contribution is -2.61. The Hall–Kier alpha value is -1.46. The van der Waals surface area contributed by atoms with Crippen LogP contribution in [0.4, 0.5) is 0 Å². The van der Waals surface area contributed by atoms with Crippen LogP contribution in [0, 0.1) is 17.8 Å². The van der Waals surface area contributed by atoms with Gasteiger partial charge in [0.15, 0.2) is 24.6 Å². The third-order valence-electron chi connectivity index (χ3n) is 11.8. The second-order valence-corrected chi connectivity index (χ2v) is 16.6. The number of rotatable bonds is 7. The van der Waals surface area contributed by atoms with Gasteiger partial charge >= 0.3 is 5.97 Å². The van der Waals surface area contributed by atoms with Crippen molar-refractivity contribution in [2.75, 3.05) is 21.2 Å². The second-order valence-electron chi connectivity index (χ2n) is 16.6. The van der Waals surface area contributed by atoms with Crippen molar-refractivity contribution in [1.29, 1.82) is 0 Å². The van der Waals surface area contributed by atoms with Crippen molar-refractivity contribution in [3.8, 4) is 0 Å². The molecule has 0 aromatic carbocycles. The van der Waals surface area contributed by atoms with Crippen LogP contribution in [0.3, 0.4) is 0 Å². The van der Waals surface area contributed by atoms with E-state index in [0.29, 0.717) is 18.7 Å². The summed E-state index contributed by atoms with van der Waals surface area (Å²) in [7, 11) is 5.28. The van der Waals surface area contributed by atoms with Crippen LogP contribution in [0.25, 0.3) is 0 Å². The van der Waals surface area contributed by atoms with Gasteiger partial charge in [0.25, 0.3) is 0 Å².